The number of hydrogen-bond donors (Lipinski definition) is 1. The Balaban J connectivity index is 0.00000165. The normalized spacial score (nSPS) is 16.2. The largest absolute Gasteiger partial charge is 0.481 e. The first-order chi connectivity index (χ1) is 20.1. The summed E-state index contributed by atoms with van der Waals surface area (Å²) in [5.41, 5.74) is 8.93. The summed E-state index contributed by atoms with van der Waals surface area (Å²) in [4.78, 5) is 28.5. The number of hydrogen-bond acceptors (Lipinski definition) is 4. The Morgan fingerprint density at radius 2 is 1.78 bits per heavy atom. The summed E-state index contributed by atoms with van der Waals surface area (Å²) in [7, 11) is 1.67. The Bertz CT molecular complexity index is 1570. The number of imidazole rings is 1. The molecule has 2 aromatic carbocycles. The van der Waals surface area contributed by atoms with Gasteiger partial charge in [-0.1, -0.05) is 62.4 Å². The fourth-order valence-corrected chi connectivity index (χ4v) is 5.63. The number of amides is 1. The molecule has 1 aliphatic heterocycles. The van der Waals surface area contributed by atoms with E-state index in [-0.39, 0.29) is 5.91 Å². The summed E-state index contributed by atoms with van der Waals surface area (Å²) >= 11 is 0. The highest BCUT2D eigenvalue weighted by molar-refractivity contribution is 6.08. The van der Waals surface area contributed by atoms with Gasteiger partial charge in [-0.05, 0) is 74.1 Å². The van der Waals surface area contributed by atoms with E-state index in [4.69, 9.17) is 14.7 Å². The van der Waals surface area contributed by atoms with Gasteiger partial charge in [0.1, 0.15) is 5.82 Å². The number of para-hydroxylation sites is 1. The Morgan fingerprint density at radius 3 is 2.54 bits per heavy atom. The van der Waals surface area contributed by atoms with Crippen LogP contribution in [0.25, 0.3) is 11.3 Å². The minimum atomic E-state index is -0.0377. The Kier molecular flexibility index (Phi) is 8.78. The number of nitrogens with one attached hydrogen (secondary N) is 1. The second-order valence-corrected chi connectivity index (χ2v) is 10.0. The smallest absolute Gasteiger partial charge is 0.258 e. The lowest BCUT2D eigenvalue weighted by atomic mass is 9.87. The van der Waals surface area contributed by atoms with Crippen LogP contribution in [0.3, 0.4) is 0 Å². The van der Waals surface area contributed by atoms with E-state index in [9.17, 15) is 4.79 Å². The average molecular weight is 547 g/mol. The molecule has 1 aromatic heterocycles. The maximum atomic E-state index is 13.7. The summed E-state index contributed by atoms with van der Waals surface area (Å²) < 4.78 is 5.78. The Morgan fingerprint density at radius 1 is 1.00 bits per heavy atom. The van der Waals surface area contributed by atoms with Crippen LogP contribution in [-0.2, 0) is 11.2 Å². The molecule has 6 rings (SSSR count). The van der Waals surface area contributed by atoms with Gasteiger partial charge in [0.15, 0.2) is 0 Å². The summed E-state index contributed by atoms with van der Waals surface area (Å²) in [5.74, 6) is 1.45. The van der Waals surface area contributed by atoms with Gasteiger partial charge in [-0.3, -0.25) is 4.79 Å². The first-order valence-corrected chi connectivity index (χ1v) is 14.6. The number of allylic oxidation sites excluding steroid dienone is 6. The number of aryl methyl sites for hydroxylation is 1. The molecule has 0 fully saturated rings. The van der Waals surface area contributed by atoms with Gasteiger partial charge in [-0.25, -0.2) is 9.98 Å². The van der Waals surface area contributed by atoms with E-state index in [2.05, 4.69) is 35.4 Å². The second-order valence-electron chi connectivity index (χ2n) is 10.0. The van der Waals surface area contributed by atoms with Crippen LogP contribution >= 0.6 is 0 Å². The third-order valence-electron chi connectivity index (χ3n) is 7.52. The highest BCUT2D eigenvalue weighted by Gasteiger charge is 2.27. The number of fused-ring (bicyclic) bond motifs is 3. The molecule has 41 heavy (non-hydrogen) atoms. The maximum Gasteiger partial charge on any atom is 0.258 e. The summed E-state index contributed by atoms with van der Waals surface area (Å²) in [5, 5.41) is 0. The molecule has 0 saturated carbocycles. The van der Waals surface area contributed by atoms with Crippen LogP contribution in [0.5, 0.6) is 0 Å². The lowest BCUT2D eigenvalue weighted by Gasteiger charge is -2.23. The number of aromatic amines is 1. The van der Waals surface area contributed by atoms with Crippen LogP contribution in [-0.4, -0.2) is 35.4 Å². The van der Waals surface area contributed by atoms with Crippen LogP contribution in [0.1, 0.15) is 61.4 Å². The minimum Gasteiger partial charge on any atom is -0.481 e. The molecule has 1 amide bonds. The van der Waals surface area contributed by atoms with Gasteiger partial charge < -0.3 is 14.6 Å². The molecule has 6 nitrogen and oxygen atoms in total. The highest BCUT2D eigenvalue weighted by atomic mass is 16.5. The van der Waals surface area contributed by atoms with Gasteiger partial charge in [0, 0.05) is 35.4 Å². The summed E-state index contributed by atoms with van der Waals surface area (Å²) in [6.45, 7) is 6.54. The zero-order valence-electron chi connectivity index (χ0n) is 24.4. The summed E-state index contributed by atoms with van der Waals surface area (Å²) in [6.07, 6.45) is 15.7. The van der Waals surface area contributed by atoms with Gasteiger partial charge >= 0.3 is 0 Å². The molecule has 2 aliphatic carbocycles. The Hall–Kier alpha value is -4.45. The topological polar surface area (TPSA) is 70.6 Å². The molecule has 0 saturated heterocycles. The van der Waals surface area contributed by atoms with Crippen molar-refractivity contribution in [2.24, 2.45) is 4.99 Å². The number of anilines is 1. The number of methoxy groups -OCH3 is 1. The van der Waals surface area contributed by atoms with Crippen molar-refractivity contribution < 1.29 is 9.53 Å². The first-order valence-electron chi connectivity index (χ1n) is 14.6. The predicted octanol–water partition coefficient (Wildman–Crippen LogP) is 8.21. The minimum absolute atomic E-state index is 0.0377. The fourth-order valence-electron chi connectivity index (χ4n) is 5.63. The number of carbonyl (C=O) groups is 1. The Labute approximate surface area is 242 Å². The molecule has 0 bridgehead atoms. The fraction of sp³-hybridized carbons (Fsp3) is 0.286. The number of rotatable bonds is 4. The number of aliphatic imine (C=N–C) groups is 1. The number of ether oxygens (including phenoxy) is 1. The van der Waals surface area contributed by atoms with Crippen LogP contribution in [0.15, 0.2) is 101 Å². The number of aromatic nitrogens is 2. The highest BCUT2D eigenvalue weighted by Crippen LogP contribution is 2.36. The van der Waals surface area contributed by atoms with Gasteiger partial charge in [-0.2, -0.15) is 0 Å². The third kappa shape index (κ3) is 5.87. The van der Waals surface area contributed by atoms with E-state index < -0.39 is 0 Å². The van der Waals surface area contributed by atoms with Crippen LogP contribution in [0, 0.1) is 6.92 Å². The molecule has 0 spiro atoms. The van der Waals surface area contributed by atoms with Crippen LogP contribution < -0.4 is 4.90 Å². The number of benzene rings is 2. The molecule has 3 aromatic rings. The second kappa shape index (κ2) is 12.8. The molecule has 0 atom stereocenters. The molecular weight excluding hydrogens is 508 g/mol. The van der Waals surface area contributed by atoms with E-state index in [1.54, 1.807) is 7.11 Å². The monoisotopic (exact) mass is 546 g/mol. The van der Waals surface area contributed by atoms with Crippen molar-refractivity contribution in [3.8, 4) is 11.3 Å². The van der Waals surface area contributed by atoms with Crippen molar-refractivity contribution in [3.63, 3.8) is 0 Å². The molecule has 2 heterocycles. The number of H-pyrrole nitrogens is 1. The van der Waals surface area contributed by atoms with Crippen molar-refractivity contribution in [2.75, 3.05) is 18.6 Å². The van der Waals surface area contributed by atoms with Crippen LogP contribution in [0.4, 0.5) is 11.4 Å². The molecule has 3 aliphatic rings. The zero-order valence-corrected chi connectivity index (χ0v) is 24.4. The number of nitrogens with zero attached hydrogens (tertiary/aromatic N) is 3. The van der Waals surface area contributed by atoms with Crippen molar-refractivity contribution in [1.82, 2.24) is 9.97 Å². The van der Waals surface area contributed by atoms with Gasteiger partial charge in [-0.15, -0.1) is 0 Å². The van der Waals surface area contributed by atoms with Gasteiger partial charge in [0.25, 0.3) is 5.91 Å². The van der Waals surface area contributed by atoms with Crippen molar-refractivity contribution in [3.05, 3.63) is 113 Å². The van der Waals surface area contributed by atoms with Gasteiger partial charge in [0.2, 0.25) is 5.90 Å². The van der Waals surface area contributed by atoms with E-state index in [1.807, 2.05) is 74.2 Å². The lowest BCUT2D eigenvalue weighted by Crippen LogP contribution is -2.32. The van der Waals surface area contributed by atoms with E-state index in [0.717, 1.165) is 65.4 Å². The van der Waals surface area contributed by atoms with Crippen molar-refractivity contribution in [2.45, 2.75) is 52.9 Å². The molecule has 1 N–H and O–H groups in total. The SMILES string of the molecule is CC.COC(=Nc1ccc(C(=O)N2CCc3[nH]c(C)nc3-c3ccccc32)cc1)C1=C(C2=CC=CCC2)CCC=C1. The molecule has 6 heteroatoms. The van der Waals surface area contributed by atoms with E-state index in [1.165, 1.54) is 11.1 Å². The average Bonchev–Trinajstić information content (AvgIpc) is 3.34. The first kappa shape index (κ1) is 28.1. The predicted molar refractivity (Wildman–Crippen MR) is 168 cm³/mol. The van der Waals surface area contributed by atoms with Crippen LogP contribution in [0.2, 0.25) is 0 Å². The van der Waals surface area contributed by atoms with E-state index >= 15 is 0 Å². The standard InChI is InChI=1S/C33H32N4O2.C2H6/c1-22-34-29-20-21-37(30-15-9-8-14-28(30)31(29)35-22)33(38)24-16-18-25(19-17-24)36-32(39-2)27-13-7-6-12-26(27)23-10-4-3-5-11-23;1-2/h3-4,7-10,13-19H,5-6,11-12,20-21H2,1-2H3,(H,34,35);1-2H3. The molecular formula is C35H38N4O2. The summed E-state index contributed by atoms with van der Waals surface area (Å²) in [6, 6.07) is 15.5. The lowest BCUT2D eigenvalue weighted by molar-refractivity contribution is 0.0987. The quantitative estimate of drug-likeness (QED) is 0.265. The van der Waals surface area contributed by atoms with Crippen molar-refractivity contribution in [1.29, 1.82) is 0 Å². The number of carbonyl (C=O) groups excluding carboxylic acids is 1. The molecule has 0 radical (unpaired) electrons. The zero-order chi connectivity index (χ0) is 28.8. The van der Waals surface area contributed by atoms with E-state index in [0.29, 0.717) is 24.4 Å². The maximum absolute atomic E-state index is 13.7. The van der Waals surface area contributed by atoms with Gasteiger partial charge in [0.05, 0.1) is 24.2 Å². The molecule has 0 unspecified atom stereocenters. The third-order valence-corrected chi connectivity index (χ3v) is 7.52. The van der Waals surface area contributed by atoms with Crippen molar-refractivity contribution >= 4 is 23.2 Å². The molecule has 210 valence electrons.